The molecule has 228 valence electrons. The van der Waals surface area contributed by atoms with Crippen molar-refractivity contribution >= 4 is 34.7 Å². The number of carbonyl (C=O) groups excluding carboxylic acids is 3. The monoisotopic (exact) mass is 591 g/mol. The van der Waals surface area contributed by atoms with E-state index in [0.717, 1.165) is 0 Å². The number of anilines is 1. The topological polar surface area (TPSA) is 134 Å². The van der Waals surface area contributed by atoms with Gasteiger partial charge < -0.3 is 29.0 Å². The number of ketones is 1. The molecule has 1 fully saturated rings. The number of ether oxygens (including phenoxy) is 3. The van der Waals surface area contributed by atoms with Crippen LogP contribution in [0.1, 0.15) is 61.3 Å². The fourth-order valence-corrected chi connectivity index (χ4v) is 5.10. The van der Waals surface area contributed by atoms with Crippen LogP contribution in [-0.4, -0.2) is 70.9 Å². The van der Waals surface area contributed by atoms with E-state index in [0.29, 0.717) is 43.1 Å². The number of aromatic nitrogens is 3. The van der Waals surface area contributed by atoms with Crippen molar-refractivity contribution in [3.63, 3.8) is 0 Å². The predicted octanol–water partition coefficient (Wildman–Crippen LogP) is 3.39. The van der Waals surface area contributed by atoms with Crippen molar-refractivity contribution in [2.45, 2.75) is 65.3 Å². The van der Waals surface area contributed by atoms with Crippen molar-refractivity contribution in [3.05, 3.63) is 52.1 Å². The normalized spacial score (nSPS) is 14.9. The first-order valence-electron chi connectivity index (χ1n) is 14.0. The molecule has 0 aliphatic carbocycles. The van der Waals surface area contributed by atoms with Crippen molar-refractivity contribution in [1.29, 1.82) is 0 Å². The molecule has 3 aromatic rings. The van der Waals surface area contributed by atoms with E-state index >= 15 is 0 Å². The van der Waals surface area contributed by atoms with Gasteiger partial charge in [-0.05, 0) is 52.7 Å². The first kappa shape index (κ1) is 31.2. The number of rotatable bonds is 8. The average Bonchev–Trinajstić information content (AvgIpc) is 3.30. The molecule has 0 spiro atoms. The minimum atomic E-state index is -0.664. The maximum absolute atomic E-state index is 13.9. The molecule has 1 aliphatic rings. The number of piperidine rings is 1. The smallest absolute Gasteiger partial charge is 0.407 e. The summed E-state index contributed by atoms with van der Waals surface area (Å²) in [5, 5.41) is 2.92. The summed E-state index contributed by atoms with van der Waals surface area (Å²) >= 11 is 0. The summed E-state index contributed by atoms with van der Waals surface area (Å²) in [6.07, 6.45) is 2.14. The Labute approximate surface area is 249 Å². The molecular weight excluding hydrogens is 554 g/mol. The van der Waals surface area contributed by atoms with Gasteiger partial charge in [0.1, 0.15) is 33.8 Å². The van der Waals surface area contributed by atoms with Gasteiger partial charge in [-0.15, -0.1) is 5.92 Å². The van der Waals surface area contributed by atoms with Crippen molar-refractivity contribution in [2.24, 2.45) is 0 Å². The molecule has 12 nitrogen and oxygen atoms in total. The summed E-state index contributed by atoms with van der Waals surface area (Å²) in [6, 6.07) is 6.39. The molecule has 12 heteroatoms. The van der Waals surface area contributed by atoms with Crippen LogP contribution in [0.5, 0.6) is 5.75 Å². The lowest BCUT2D eigenvalue weighted by Gasteiger charge is -2.35. The second-order valence-electron chi connectivity index (χ2n) is 11.2. The number of hydrogen-bond acceptors (Lipinski definition) is 9. The number of benzene rings is 1. The SMILES string of the molecule is CC#CCn1c(N2CCCC(NC(=O)OC(C)(C)C)C2)c(C(=O)OC)c2ncn(CC(=O)c3cccc(OC)c3)c(=O)c21. The summed E-state index contributed by atoms with van der Waals surface area (Å²) in [4.78, 5) is 59.2. The van der Waals surface area contributed by atoms with Gasteiger partial charge in [-0.1, -0.05) is 18.1 Å². The van der Waals surface area contributed by atoms with Gasteiger partial charge in [0.05, 0.1) is 33.6 Å². The largest absolute Gasteiger partial charge is 0.497 e. The lowest BCUT2D eigenvalue weighted by atomic mass is 10.1. The molecule has 4 rings (SSSR count). The number of alkyl carbamates (subject to hydrolysis) is 1. The number of hydrogen-bond donors (Lipinski definition) is 1. The summed E-state index contributed by atoms with van der Waals surface area (Å²) < 4.78 is 18.7. The molecule has 0 saturated carbocycles. The van der Waals surface area contributed by atoms with Gasteiger partial charge in [0.25, 0.3) is 5.56 Å². The van der Waals surface area contributed by atoms with Gasteiger partial charge in [-0.3, -0.25) is 14.2 Å². The number of amides is 1. The lowest BCUT2D eigenvalue weighted by Crippen LogP contribution is -2.49. The van der Waals surface area contributed by atoms with Crippen LogP contribution in [0.3, 0.4) is 0 Å². The van der Waals surface area contributed by atoms with Crippen LogP contribution in [0.25, 0.3) is 11.0 Å². The molecule has 1 amide bonds. The molecule has 2 aromatic heterocycles. The van der Waals surface area contributed by atoms with Crippen LogP contribution < -0.4 is 20.5 Å². The van der Waals surface area contributed by atoms with Gasteiger partial charge in [-0.2, -0.15) is 0 Å². The molecule has 0 radical (unpaired) electrons. The van der Waals surface area contributed by atoms with Crippen LogP contribution in [0.2, 0.25) is 0 Å². The molecule has 1 N–H and O–H groups in total. The Morgan fingerprint density at radius 2 is 1.95 bits per heavy atom. The fraction of sp³-hybridized carbons (Fsp3) is 0.452. The van der Waals surface area contributed by atoms with E-state index in [1.54, 1.807) is 56.5 Å². The summed E-state index contributed by atoms with van der Waals surface area (Å²) in [5.41, 5.74) is -0.376. The Kier molecular flexibility index (Phi) is 9.43. The number of Topliss-reactive ketones (excluding diaryl/α,β-unsaturated/α-hetero) is 1. The minimum absolute atomic E-state index is 0.0880. The Hall–Kier alpha value is -4.79. The van der Waals surface area contributed by atoms with Crippen molar-refractivity contribution in [2.75, 3.05) is 32.2 Å². The van der Waals surface area contributed by atoms with Crippen LogP contribution in [0.4, 0.5) is 10.6 Å². The summed E-state index contributed by atoms with van der Waals surface area (Å²) in [5.74, 6) is 5.80. The standard InChI is InChI=1S/C31H37N5O7/c1-7-8-15-36-26-25(32-19-35(28(26)38)18-23(37)20-11-9-13-22(16-20)41-5)24(29(39)42-6)27(36)34-14-10-12-21(17-34)33-30(40)43-31(2,3)4/h9,11,13,16,19,21H,10,12,14-15,17-18H2,1-6H3,(H,33,40). The molecule has 0 bridgehead atoms. The highest BCUT2D eigenvalue weighted by atomic mass is 16.6. The highest BCUT2D eigenvalue weighted by Crippen LogP contribution is 2.33. The van der Waals surface area contributed by atoms with Crippen molar-refractivity contribution in [1.82, 2.24) is 19.4 Å². The second-order valence-corrected chi connectivity index (χ2v) is 11.2. The molecular formula is C31H37N5O7. The molecule has 1 aromatic carbocycles. The number of esters is 1. The van der Waals surface area contributed by atoms with E-state index in [4.69, 9.17) is 14.2 Å². The maximum atomic E-state index is 13.9. The van der Waals surface area contributed by atoms with Crippen molar-refractivity contribution in [3.8, 4) is 17.6 Å². The highest BCUT2D eigenvalue weighted by Gasteiger charge is 2.33. The Morgan fingerprint density at radius 3 is 2.63 bits per heavy atom. The number of methoxy groups -OCH3 is 2. The van der Waals surface area contributed by atoms with Gasteiger partial charge in [0.2, 0.25) is 0 Å². The maximum Gasteiger partial charge on any atom is 0.407 e. The summed E-state index contributed by atoms with van der Waals surface area (Å²) in [6.45, 7) is 7.77. The molecule has 1 aliphatic heterocycles. The van der Waals surface area contributed by atoms with E-state index in [9.17, 15) is 19.2 Å². The van der Waals surface area contributed by atoms with Gasteiger partial charge in [-0.25, -0.2) is 14.6 Å². The number of nitrogens with zero attached hydrogens (tertiary/aromatic N) is 4. The van der Waals surface area contributed by atoms with E-state index in [1.807, 2.05) is 4.90 Å². The minimum Gasteiger partial charge on any atom is -0.497 e. The molecule has 1 saturated heterocycles. The molecule has 43 heavy (non-hydrogen) atoms. The van der Waals surface area contributed by atoms with Gasteiger partial charge in [0, 0.05) is 24.7 Å². The molecule has 1 atom stereocenters. The predicted molar refractivity (Wildman–Crippen MR) is 161 cm³/mol. The van der Waals surface area contributed by atoms with Crippen molar-refractivity contribution < 1.29 is 28.6 Å². The summed E-state index contributed by atoms with van der Waals surface area (Å²) in [7, 11) is 2.77. The van der Waals surface area contributed by atoms with Crippen LogP contribution in [-0.2, 0) is 22.6 Å². The van der Waals surface area contributed by atoms with E-state index in [-0.39, 0.29) is 41.5 Å². The third-order valence-electron chi connectivity index (χ3n) is 6.95. The third-order valence-corrected chi connectivity index (χ3v) is 6.95. The first-order valence-corrected chi connectivity index (χ1v) is 14.0. The zero-order chi connectivity index (χ0) is 31.3. The van der Waals surface area contributed by atoms with Crippen LogP contribution in [0.15, 0.2) is 35.4 Å². The Morgan fingerprint density at radius 1 is 1.19 bits per heavy atom. The van der Waals surface area contributed by atoms with Gasteiger partial charge in [0.15, 0.2) is 5.78 Å². The van der Waals surface area contributed by atoms with Crippen LogP contribution in [0, 0.1) is 11.8 Å². The first-order chi connectivity index (χ1) is 20.5. The fourth-order valence-electron chi connectivity index (χ4n) is 5.10. The zero-order valence-corrected chi connectivity index (χ0v) is 25.4. The quantitative estimate of drug-likeness (QED) is 0.238. The number of fused-ring (bicyclic) bond motifs is 1. The van der Waals surface area contributed by atoms with E-state index < -0.39 is 23.2 Å². The zero-order valence-electron chi connectivity index (χ0n) is 25.4. The van der Waals surface area contributed by atoms with Gasteiger partial charge >= 0.3 is 12.1 Å². The Balaban J connectivity index is 1.79. The second kappa shape index (κ2) is 13.0. The number of nitrogens with one attached hydrogen (secondary N) is 1. The average molecular weight is 592 g/mol. The number of carbonyl (C=O) groups is 3. The third kappa shape index (κ3) is 6.99. The highest BCUT2D eigenvalue weighted by molar-refractivity contribution is 6.08. The molecule has 1 unspecified atom stereocenters. The Bertz CT molecular complexity index is 1650. The van der Waals surface area contributed by atoms with E-state index in [2.05, 4.69) is 22.1 Å². The van der Waals surface area contributed by atoms with Crippen LogP contribution >= 0.6 is 0 Å². The van der Waals surface area contributed by atoms with E-state index in [1.165, 1.54) is 25.1 Å². The lowest BCUT2D eigenvalue weighted by molar-refractivity contribution is 0.0498. The molecule has 3 heterocycles.